The Kier molecular flexibility index (Phi) is 10.1. The van der Waals surface area contributed by atoms with Crippen LogP contribution in [0.3, 0.4) is 0 Å². The predicted molar refractivity (Wildman–Crippen MR) is 134 cm³/mol. The number of esters is 3. The molecule has 0 aliphatic heterocycles. The molecule has 0 bridgehead atoms. The molecule has 14 heteroatoms. The molecule has 0 fully saturated rings. The summed E-state index contributed by atoms with van der Waals surface area (Å²) in [6.07, 6.45) is 1.57. The maximum atomic E-state index is 12.5. The number of fused-ring (bicyclic) bond motifs is 1. The highest BCUT2D eigenvalue weighted by molar-refractivity contribution is 5.76. The molecular formula is C23H37N7O7. The van der Waals surface area contributed by atoms with E-state index >= 15 is 0 Å². The van der Waals surface area contributed by atoms with Gasteiger partial charge in [-0.1, -0.05) is 27.7 Å². The lowest BCUT2D eigenvalue weighted by Gasteiger charge is -2.33. The third-order valence-electron chi connectivity index (χ3n) is 5.98. The standard InChI is InChI=1S/C23H37N7O7/c1-12(2)15(24)20(33)36-9-23(8-35-14(5)31,10-37-21(34)16(25)13(3)4)6-7-30-11-27-17-18(30)28-22(26)29-19(17)32/h11-13,15-16H,6-10,24-25H2,1-5H3,(H3,26,28,29,32)/t15-,16-/m0/s1. The monoisotopic (exact) mass is 523 g/mol. The van der Waals surface area contributed by atoms with Crippen LogP contribution >= 0.6 is 0 Å². The van der Waals surface area contributed by atoms with Crippen LogP contribution in [0.25, 0.3) is 11.2 Å². The molecule has 0 saturated heterocycles. The lowest BCUT2D eigenvalue weighted by Crippen LogP contribution is -2.45. The number of anilines is 1. The molecule has 0 aliphatic carbocycles. The highest BCUT2D eigenvalue weighted by Gasteiger charge is 2.37. The summed E-state index contributed by atoms with van der Waals surface area (Å²) in [5, 5.41) is 0. The van der Waals surface area contributed by atoms with Gasteiger partial charge >= 0.3 is 17.9 Å². The van der Waals surface area contributed by atoms with Crippen molar-refractivity contribution in [3.05, 3.63) is 16.7 Å². The molecule has 7 N–H and O–H groups in total. The molecular weight excluding hydrogens is 486 g/mol. The predicted octanol–water partition coefficient (Wildman–Crippen LogP) is -0.306. The topological polar surface area (TPSA) is 221 Å². The third-order valence-corrected chi connectivity index (χ3v) is 5.98. The molecule has 37 heavy (non-hydrogen) atoms. The van der Waals surface area contributed by atoms with Crippen LogP contribution in [0.15, 0.2) is 11.1 Å². The number of aryl methyl sites for hydroxylation is 1. The molecule has 0 radical (unpaired) electrons. The largest absolute Gasteiger partial charge is 0.465 e. The molecule has 2 rings (SSSR count). The Morgan fingerprint density at radius 1 is 1.00 bits per heavy atom. The van der Waals surface area contributed by atoms with E-state index in [1.54, 1.807) is 32.3 Å². The van der Waals surface area contributed by atoms with E-state index in [0.717, 1.165) is 0 Å². The lowest BCUT2D eigenvalue weighted by molar-refractivity contribution is -0.164. The normalized spacial score (nSPS) is 13.5. The maximum absolute atomic E-state index is 12.5. The lowest BCUT2D eigenvalue weighted by atomic mass is 9.86. The number of nitrogens with one attached hydrogen (secondary N) is 1. The fraction of sp³-hybridized carbons (Fsp3) is 0.652. The van der Waals surface area contributed by atoms with Crippen molar-refractivity contribution in [3.63, 3.8) is 0 Å². The van der Waals surface area contributed by atoms with Crippen LogP contribution in [0.1, 0.15) is 41.0 Å². The molecule has 2 atom stereocenters. The number of ether oxygens (including phenoxy) is 3. The highest BCUT2D eigenvalue weighted by Crippen LogP contribution is 2.27. The van der Waals surface area contributed by atoms with Crippen LogP contribution in [0.2, 0.25) is 0 Å². The van der Waals surface area contributed by atoms with Crippen LogP contribution in [0.5, 0.6) is 0 Å². The molecule has 0 unspecified atom stereocenters. The SMILES string of the molecule is CC(=O)OCC(CCn1cnc2c(=O)[nH]c(N)nc21)(COC(=O)[C@@H](N)C(C)C)COC(=O)[C@@H](N)C(C)C. The van der Waals surface area contributed by atoms with E-state index in [9.17, 15) is 19.2 Å². The summed E-state index contributed by atoms with van der Waals surface area (Å²) in [6.45, 7) is 7.73. The van der Waals surface area contributed by atoms with Crippen LogP contribution in [-0.2, 0) is 35.1 Å². The van der Waals surface area contributed by atoms with Gasteiger partial charge in [0.25, 0.3) is 5.56 Å². The third kappa shape index (κ3) is 7.98. The quantitative estimate of drug-likeness (QED) is 0.196. The summed E-state index contributed by atoms with van der Waals surface area (Å²) in [4.78, 5) is 59.5. The summed E-state index contributed by atoms with van der Waals surface area (Å²) in [7, 11) is 0. The van der Waals surface area contributed by atoms with Gasteiger partial charge in [0.1, 0.15) is 31.9 Å². The van der Waals surface area contributed by atoms with Gasteiger partial charge in [0.2, 0.25) is 5.95 Å². The van der Waals surface area contributed by atoms with Gasteiger partial charge in [0.05, 0.1) is 11.7 Å². The highest BCUT2D eigenvalue weighted by atomic mass is 16.6. The summed E-state index contributed by atoms with van der Waals surface area (Å²) < 4.78 is 17.9. The number of aromatic nitrogens is 4. The summed E-state index contributed by atoms with van der Waals surface area (Å²) in [5.41, 5.74) is 16.2. The fourth-order valence-corrected chi connectivity index (χ4v) is 3.27. The van der Waals surface area contributed by atoms with Gasteiger partial charge in [-0.25, -0.2) is 4.98 Å². The average molecular weight is 524 g/mol. The van der Waals surface area contributed by atoms with E-state index in [-0.39, 0.29) is 61.7 Å². The van der Waals surface area contributed by atoms with Gasteiger partial charge in [0, 0.05) is 13.5 Å². The Morgan fingerprint density at radius 2 is 1.51 bits per heavy atom. The number of carbonyl (C=O) groups excluding carboxylic acids is 3. The molecule has 2 aromatic rings. The van der Waals surface area contributed by atoms with Gasteiger partial charge in [-0.3, -0.25) is 24.2 Å². The zero-order valence-electron chi connectivity index (χ0n) is 21.9. The molecule has 0 amide bonds. The number of nitrogens with two attached hydrogens (primary N) is 3. The van der Waals surface area contributed by atoms with Crippen LogP contribution < -0.4 is 22.8 Å². The second kappa shape index (κ2) is 12.6. The summed E-state index contributed by atoms with van der Waals surface area (Å²) >= 11 is 0. The molecule has 2 heterocycles. The van der Waals surface area contributed by atoms with E-state index in [4.69, 9.17) is 31.4 Å². The number of carbonyl (C=O) groups is 3. The Morgan fingerprint density at radius 3 is 2.00 bits per heavy atom. The van der Waals surface area contributed by atoms with Crippen molar-refractivity contribution in [2.45, 2.75) is 59.7 Å². The van der Waals surface area contributed by atoms with Crippen LogP contribution in [0.4, 0.5) is 5.95 Å². The number of imidazole rings is 1. The van der Waals surface area contributed by atoms with E-state index in [2.05, 4.69) is 15.0 Å². The molecule has 206 valence electrons. The van der Waals surface area contributed by atoms with Crippen molar-refractivity contribution in [3.8, 4) is 0 Å². The number of rotatable bonds is 13. The minimum atomic E-state index is -1.17. The Labute approximate surface area is 214 Å². The smallest absolute Gasteiger partial charge is 0.323 e. The molecule has 0 aromatic carbocycles. The van der Waals surface area contributed by atoms with Crippen molar-refractivity contribution in [2.24, 2.45) is 28.7 Å². The number of hydrogen-bond acceptors (Lipinski definition) is 12. The number of aromatic amines is 1. The molecule has 2 aromatic heterocycles. The molecule has 14 nitrogen and oxygen atoms in total. The van der Waals surface area contributed by atoms with Crippen LogP contribution in [-0.4, -0.2) is 69.3 Å². The van der Waals surface area contributed by atoms with Gasteiger partial charge in [-0.15, -0.1) is 0 Å². The van der Waals surface area contributed by atoms with Gasteiger partial charge in [-0.05, 0) is 18.3 Å². The van der Waals surface area contributed by atoms with Gasteiger partial charge in [-0.2, -0.15) is 4.98 Å². The second-order valence-electron chi connectivity index (χ2n) is 9.85. The van der Waals surface area contributed by atoms with Crippen molar-refractivity contribution < 1.29 is 28.6 Å². The van der Waals surface area contributed by atoms with E-state index in [1.807, 2.05) is 0 Å². The van der Waals surface area contributed by atoms with Crippen molar-refractivity contribution in [1.29, 1.82) is 0 Å². The summed E-state index contributed by atoms with van der Waals surface area (Å²) in [5.74, 6) is -2.32. The van der Waals surface area contributed by atoms with Crippen molar-refractivity contribution in [1.82, 2.24) is 19.5 Å². The minimum Gasteiger partial charge on any atom is -0.465 e. The molecule has 0 saturated carbocycles. The first-order valence-corrected chi connectivity index (χ1v) is 11.9. The number of nitrogen functional groups attached to an aromatic ring is 1. The minimum absolute atomic E-state index is 0.0846. The zero-order valence-corrected chi connectivity index (χ0v) is 21.9. The molecule has 0 aliphatic rings. The van der Waals surface area contributed by atoms with Crippen molar-refractivity contribution >= 4 is 35.0 Å². The zero-order chi connectivity index (χ0) is 27.9. The number of H-pyrrole nitrogens is 1. The Bertz CT molecular complexity index is 1130. The second-order valence-corrected chi connectivity index (χ2v) is 9.85. The summed E-state index contributed by atoms with van der Waals surface area (Å²) in [6, 6.07) is -1.75. The van der Waals surface area contributed by atoms with Gasteiger partial charge in [0.15, 0.2) is 11.2 Å². The van der Waals surface area contributed by atoms with Gasteiger partial charge < -0.3 is 36.0 Å². The number of hydrogen-bond donors (Lipinski definition) is 4. The van der Waals surface area contributed by atoms with E-state index in [0.29, 0.717) is 0 Å². The average Bonchev–Trinajstić information content (AvgIpc) is 3.24. The first kappa shape index (κ1) is 29.7. The fourth-order valence-electron chi connectivity index (χ4n) is 3.27. The van der Waals surface area contributed by atoms with Crippen molar-refractivity contribution in [2.75, 3.05) is 25.6 Å². The Hall–Kier alpha value is -3.52. The number of nitrogens with zero attached hydrogens (tertiary/aromatic N) is 3. The van der Waals surface area contributed by atoms with E-state index < -0.39 is 41.0 Å². The molecule has 0 spiro atoms. The first-order valence-electron chi connectivity index (χ1n) is 11.9. The maximum Gasteiger partial charge on any atom is 0.323 e. The first-order chi connectivity index (χ1) is 17.3. The van der Waals surface area contributed by atoms with E-state index in [1.165, 1.54) is 13.3 Å². The Balaban J connectivity index is 2.37. The van der Waals surface area contributed by atoms with Crippen LogP contribution in [0, 0.1) is 17.3 Å².